The van der Waals surface area contributed by atoms with Crippen LogP contribution in [0.25, 0.3) is 0 Å². The summed E-state index contributed by atoms with van der Waals surface area (Å²) in [6, 6.07) is 0.425. The van der Waals surface area contributed by atoms with Gasteiger partial charge in [-0.25, -0.2) is 0 Å². The number of hydrogen-bond donors (Lipinski definition) is 2. The van der Waals surface area contributed by atoms with Crippen molar-refractivity contribution in [3.8, 4) is 0 Å². The second kappa shape index (κ2) is 6.23. The molecule has 2 N–H and O–H groups in total. The number of carboxylic acid groups (broad SMARTS) is 1. The molecule has 0 bridgehead atoms. The van der Waals surface area contributed by atoms with E-state index in [-0.39, 0.29) is 5.54 Å². The first-order chi connectivity index (χ1) is 9.73. The normalized spacial score (nSPS) is 26.5. The molecule has 0 aromatic carbocycles. The SMILES string of the molecule is CN1CCN(CCCC(C)(NC2CC2)C(=O)O)CC1(C)C. The summed E-state index contributed by atoms with van der Waals surface area (Å²) in [5, 5.41) is 12.8. The second-order valence-corrected chi connectivity index (χ2v) is 7.67. The topological polar surface area (TPSA) is 55.8 Å². The fourth-order valence-corrected chi connectivity index (χ4v) is 3.11. The molecule has 1 saturated carbocycles. The van der Waals surface area contributed by atoms with Crippen molar-refractivity contribution < 1.29 is 9.90 Å². The van der Waals surface area contributed by atoms with Crippen molar-refractivity contribution in [1.29, 1.82) is 0 Å². The number of rotatable bonds is 7. The number of carbonyl (C=O) groups is 1. The van der Waals surface area contributed by atoms with Gasteiger partial charge in [-0.3, -0.25) is 15.0 Å². The van der Waals surface area contributed by atoms with Crippen LogP contribution in [0, 0.1) is 0 Å². The van der Waals surface area contributed by atoms with Crippen LogP contribution in [0.5, 0.6) is 0 Å². The van der Waals surface area contributed by atoms with Crippen molar-refractivity contribution in [1.82, 2.24) is 15.1 Å². The lowest BCUT2D eigenvalue weighted by Gasteiger charge is -2.45. The van der Waals surface area contributed by atoms with Crippen molar-refractivity contribution in [2.24, 2.45) is 0 Å². The standard InChI is InChI=1S/C16H31N3O2/c1-15(2)12-19(11-10-18(15)4)9-5-8-16(3,14(20)21)17-13-6-7-13/h13,17H,5-12H2,1-4H3,(H,20,21). The van der Waals surface area contributed by atoms with Crippen molar-refractivity contribution >= 4 is 5.97 Å². The molecule has 0 aromatic heterocycles. The quantitative estimate of drug-likeness (QED) is 0.744. The van der Waals surface area contributed by atoms with Gasteiger partial charge in [-0.05, 0) is 60.0 Å². The zero-order chi connectivity index (χ0) is 15.7. The van der Waals surface area contributed by atoms with Gasteiger partial charge in [0.25, 0.3) is 0 Å². The van der Waals surface area contributed by atoms with Crippen LogP contribution in [-0.4, -0.2) is 71.2 Å². The molecule has 1 heterocycles. The van der Waals surface area contributed by atoms with E-state index in [9.17, 15) is 9.90 Å². The molecule has 1 unspecified atom stereocenters. The molecule has 21 heavy (non-hydrogen) atoms. The molecule has 0 spiro atoms. The van der Waals surface area contributed by atoms with E-state index in [0.717, 1.165) is 45.4 Å². The summed E-state index contributed by atoms with van der Waals surface area (Å²) < 4.78 is 0. The van der Waals surface area contributed by atoms with Crippen LogP contribution in [0.15, 0.2) is 0 Å². The van der Waals surface area contributed by atoms with E-state index in [1.807, 2.05) is 6.92 Å². The van der Waals surface area contributed by atoms with Gasteiger partial charge in [-0.15, -0.1) is 0 Å². The Labute approximate surface area is 128 Å². The Morgan fingerprint density at radius 3 is 2.57 bits per heavy atom. The van der Waals surface area contributed by atoms with Crippen LogP contribution in [0.4, 0.5) is 0 Å². The number of nitrogens with zero attached hydrogens (tertiary/aromatic N) is 2. The lowest BCUT2D eigenvalue weighted by molar-refractivity contribution is -0.144. The van der Waals surface area contributed by atoms with Crippen LogP contribution in [0.3, 0.4) is 0 Å². The Balaban J connectivity index is 1.78. The van der Waals surface area contributed by atoms with Gasteiger partial charge in [0.15, 0.2) is 0 Å². The maximum Gasteiger partial charge on any atom is 0.323 e. The smallest absolute Gasteiger partial charge is 0.323 e. The lowest BCUT2D eigenvalue weighted by atomic mass is 9.94. The molecule has 5 heteroatoms. The van der Waals surface area contributed by atoms with Gasteiger partial charge < -0.3 is 10.0 Å². The average Bonchev–Trinajstić information content (AvgIpc) is 3.17. The molecule has 0 radical (unpaired) electrons. The Morgan fingerprint density at radius 1 is 1.38 bits per heavy atom. The predicted molar refractivity (Wildman–Crippen MR) is 84.6 cm³/mol. The molecule has 1 atom stereocenters. The molecule has 2 rings (SSSR count). The first-order valence-electron chi connectivity index (χ1n) is 8.18. The van der Waals surface area contributed by atoms with Gasteiger partial charge in [0.2, 0.25) is 0 Å². The number of nitrogens with one attached hydrogen (secondary N) is 1. The largest absolute Gasteiger partial charge is 0.480 e. The third-order valence-corrected chi connectivity index (χ3v) is 5.12. The number of carboxylic acids is 1. The molecule has 0 amide bonds. The number of likely N-dealkylation sites (N-methyl/N-ethyl adjacent to an activating group) is 1. The van der Waals surface area contributed by atoms with E-state index < -0.39 is 11.5 Å². The molecule has 2 aliphatic rings. The highest BCUT2D eigenvalue weighted by molar-refractivity contribution is 5.78. The molecule has 5 nitrogen and oxygen atoms in total. The van der Waals surface area contributed by atoms with Gasteiger partial charge in [0, 0.05) is 31.2 Å². The predicted octanol–water partition coefficient (Wildman–Crippen LogP) is 1.39. The van der Waals surface area contributed by atoms with Gasteiger partial charge in [-0.1, -0.05) is 0 Å². The molecule has 1 saturated heterocycles. The number of aliphatic carboxylic acids is 1. The third kappa shape index (κ3) is 4.41. The summed E-state index contributed by atoms with van der Waals surface area (Å²) in [7, 11) is 2.18. The van der Waals surface area contributed by atoms with Crippen LogP contribution >= 0.6 is 0 Å². The third-order valence-electron chi connectivity index (χ3n) is 5.12. The summed E-state index contributed by atoms with van der Waals surface area (Å²) in [5.41, 5.74) is -0.552. The van der Waals surface area contributed by atoms with Crippen LogP contribution in [0.1, 0.15) is 46.5 Å². The van der Waals surface area contributed by atoms with Crippen molar-refractivity contribution in [3.63, 3.8) is 0 Å². The Bertz CT molecular complexity index is 382. The summed E-state index contributed by atoms with van der Waals surface area (Å²) in [6.45, 7) is 10.6. The highest BCUT2D eigenvalue weighted by Crippen LogP contribution is 2.25. The molecule has 0 aromatic rings. The molecule has 2 fully saturated rings. The monoisotopic (exact) mass is 297 g/mol. The maximum absolute atomic E-state index is 11.5. The van der Waals surface area contributed by atoms with E-state index >= 15 is 0 Å². The minimum absolute atomic E-state index is 0.209. The van der Waals surface area contributed by atoms with E-state index in [1.165, 1.54) is 0 Å². The fraction of sp³-hybridized carbons (Fsp3) is 0.938. The van der Waals surface area contributed by atoms with E-state index in [4.69, 9.17) is 0 Å². The molecule has 1 aliphatic carbocycles. The van der Waals surface area contributed by atoms with Crippen LogP contribution < -0.4 is 5.32 Å². The van der Waals surface area contributed by atoms with E-state index in [1.54, 1.807) is 0 Å². The Hall–Kier alpha value is -0.650. The summed E-state index contributed by atoms with van der Waals surface area (Å²) in [5.74, 6) is -0.715. The summed E-state index contributed by atoms with van der Waals surface area (Å²) in [6.07, 6.45) is 3.87. The molecule has 122 valence electrons. The van der Waals surface area contributed by atoms with Crippen LogP contribution in [0.2, 0.25) is 0 Å². The second-order valence-electron chi connectivity index (χ2n) is 7.67. The lowest BCUT2D eigenvalue weighted by Crippen LogP contribution is -2.57. The van der Waals surface area contributed by atoms with Crippen LogP contribution in [-0.2, 0) is 4.79 Å². The minimum Gasteiger partial charge on any atom is -0.480 e. The number of hydrogen-bond acceptors (Lipinski definition) is 4. The zero-order valence-corrected chi connectivity index (χ0v) is 14.0. The van der Waals surface area contributed by atoms with Crippen molar-refractivity contribution in [2.75, 3.05) is 33.2 Å². The Kier molecular flexibility index (Phi) is 4.96. The summed E-state index contributed by atoms with van der Waals surface area (Å²) in [4.78, 5) is 16.4. The Morgan fingerprint density at radius 2 is 2.05 bits per heavy atom. The highest BCUT2D eigenvalue weighted by atomic mass is 16.4. The van der Waals surface area contributed by atoms with E-state index in [2.05, 4.69) is 36.0 Å². The van der Waals surface area contributed by atoms with E-state index in [0.29, 0.717) is 12.5 Å². The zero-order valence-electron chi connectivity index (χ0n) is 14.0. The highest BCUT2D eigenvalue weighted by Gasteiger charge is 2.38. The van der Waals surface area contributed by atoms with Crippen molar-refractivity contribution in [3.05, 3.63) is 0 Å². The van der Waals surface area contributed by atoms with Gasteiger partial charge >= 0.3 is 5.97 Å². The average molecular weight is 297 g/mol. The molecular formula is C16H31N3O2. The molecular weight excluding hydrogens is 266 g/mol. The van der Waals surface area contributed by atoms with Gasteiger partial charge in [0.1, 0.15) is 5.54 Å². The first-order valence-corrected chi connectivity index (χ1v) is 8.18. The first kappa shape index (κ1) is 16.7. The summed E-state index contributed by atoms with van der Waals surface area (Å²) >= 11 is 0. The van der Waals surface area contributed by atoms with Crippen molar-refractivity contribution in [2.45, 2.75) is 63.6 Å². The number of piperazine rings is 1. The van der Waals surface area contributed by atoms with Gasteiger partial charge in [-0.2, -0.15) is 0 Å². The fourth-order valence-electron chi connectivity index (χ4n) is 3.11. The molecule has 1 aliphatic heterocycles. The minimum atomic E-state index is -0.761. The van der Waals surface area contributed by atoms with Gasteiger partial charge in [0.05, 0.1) is 0 Å². The maximum atomic E-state index is 11.5.